The summed E-state index contributed by atoms with van der Waals surface area (Å²) in [6.07, 6.45) is 2.46. The van der Waals surface area contributed by atoms with Gasteiger partial charge in [-0.1, -0.05) is 39.3 Å². The third-order valence-electron chi connectivity index (χ3n) is 3.15. The van der Waals surface area contributed by atoms with E-state index in [-0.39, 0.29) is 0 Å². The fourth-order valence-corrected chi connectivity index (χ4v) is 1.86. The molecule has 0 heterocycles. The van der Waals surface area contributed by atoms with Gasteiger partial charge in [0, 0.05) is 6.54 Å². The van der Waals surface area contributed by atoms with Crippen molar-refractivity contribution in [2.24, 2.45) is 0 Å². The molecule has 3 heteroatoms. The molecular formula is C17H29NO2. The summed E-state index contributed by atoms with van der Waals surface area (Å²) in [6.45, 7) is 10.6. The van der Waals surface area contributed by atoms with Gasteiger partial charge in [0.05, 0.1) is 13.2 Å². The minimum Gasteiger partial charge on any atom is -0.491 e. The summed E-state index contributed by atoms with van der Waals surface area (Å²) in [7, 11) is 0. The summed E-state index contributed by atoms with van der Waals surface area (Å²) in [4.78, 5) is 0. The molecular weight excluding hydrogens is 250 g/mol. The molecule has 0 radical (unpaired) electrons. The largest absolute Gasteiger partial charge is 0.491 e. The van der Waals surface area contributed by atoms with Crippen molar-refractivity contribution in [2.75, 3.05) is 32.9 Å². The molecule has 0 saturated carbocycles. The minimum atomic E-state index is 0.531. The number of benzene rings is 1. The first kappa shape index (κ1) is 17.0. The third kappa shape index (κ3) is 7.51. The Bertz CT molecular complexity index is 353. The monoisotopic (exact) mass is 279 g/mol. The molecule has 0 bridgehead atoms. The first-order valence-corrected chi connectivity index (χ1v) is 7.75. The molecule has 1 N–H and O–H groups in total. The topological polar surface area (TPSA) is 30.5 Å². The molecule has 0 spiro atoms. The van der Waals surface area contributed by atoms with Gasteiger partial charge in [-0.25, -0.2) is 0 Å². The molecule has 0 aliphatic rings. The fraction of sp³-hybridized carbons (Fsp3) is 0.647. The zero-order chi connectivity index (χ0) is 14.6. The maximum Gasteiger partial charge on any atom is 0.119 e. The van der Waals surface area contributed by atoms with E-state index in [9.17, 15) is 0 Å². The van der Waals surface area contributed by atoms with Crippen LogP contribution in [0.15, 0.2) is 24.3 Å². The van der Waals surface area contributed by atoms with E-state index in [2.05, 4.69) is 38.2 Å². The number of rotatable bonds is 11. The van der Waals surface area contributed by atoms with Crippen molar-refractivity contribution in [1.82, 2.24) is 5.32 Å². The second-order valence-corrected chi connectivity index (χ2v) is 5.29. The van der Waals surface area contributed by atoms with E-state index >= 15 is 0 Å². The number of hydrogen-bond acceptors (Lipinski definition) is 3. The molecule has 1 rings (SSSR count). The normalized spacial score (nSPS) is 11.0. The lowest BCUT2D eigenvalue weighted by Gasteiger charge is -2.10. The summed E-state index contributed by atoms with van der Waals surface area (Å²) >= 11 is 0. The fourth-order valence-electron chi connectivity index (χ4n) is 1.86. The number of hydrogen-bond donors (Lipinski definition) is 1. The smallest absolute Gasteiger partial charge is 0.119 e. The van der Waals surface area contributed by atoms with Crippen molar-refractivity contribution in [3.63, 3.8) is 0 Å². The van der Waals surface area contributed by atoms with E-state index in [4.69, 9.17) is 9.47 Å². The van der Waals surface area contributed by atoms with E-state index < -0.39 is 0 Å². The van der Waals surface area contributed by atoms with Crippen LogP contribution in [-0.4, -0.2) is 32.9 Å². The van der Waals surface area contributed by atoms with Gasteiger partial charge in [-0.3, -0.25) is 0 Å². The van der Waals surface area contributed by atoms with Crippen LogP contribution in [0.5, 0.6) is 5.75 Å². The first-order chi connectivity index (χ1) is 9.74. The highest BCUT2D eigenvalue weighted by atomic mass is 16.5. The molecule has 0 fully saturated rings. The van der Waals surface area contributed by atoms with Gasteiger partial charge < -0.3 is 14.8 Å². The Morgan fingerprint density at radius 1 is 1.10 bits per heavy atom. The van der Waals surface area contributed by atoms with Crippen molar-refractivity contribution < 1.29 is 9.47 Å². The highest BCUT2D eigenvalue weighted by Crippen LogP contribution is 2.19. The molecule has 0 atom stereocenters. The molecule has 0 aliphatic carbocycles. The molecule has 0 saturated heterocycles. The van der Waals surface area contributed by atoms with Crippen molar-refractivity contribution in [1.29, 1.82) is 0 Å². The molecule has 0 aromatic heterocycles. The van der Waals surface area contributed by atoms with Crippen molar-refractivity contribution in [3.05, 3.63) is 29.8 Å². The summed E-state index contributed by atoms with van der Waals surface area (Å²) in [5.74, 6) is 1.46. The van der Waals surface area contributed by atoms with Gasteiger partial charge in [0.2, 0.25) is 0 Å². The highest BCUT2D eigenvalue weighted by molar-refractivity contribution is 5.30. The van der Waals surface area contributed by atoms with E-state index in [1.54, 1.807) is 0 Å². The third-order valence-corrected chi connectivity index (χ3v) is 3.15. The summed E-state index contributed by atoms with van der Waals surface area (Å²) in [5.41, 5.74) is 1.31. The molecule has 0 unspecified atom stereocenters. The van der Waals surface area contributed by atoms with Crippen LogP contribution in [-0.2, 0) is 4.74 Å². The second kappa shape index (κ2) is 10.7. The second-order valence-electron chi connectivity index (χ2n) is 5.29. The van der Waals surface area contributed by atoms with E-state index in [1.165, 1.54) is 18.4 Å². The lowest BCUT2D eigenvalue weighted by molar-refractivity contribution is 0.102. The Morgan fingerprint density at radius 2 is 1.95 bits per heavy atom. The molecule has 0 amide bonds. The molecule has 3 nitrogen and oxygen atoms in total. The lowest BCUT2D eigenvalue weighted by Crippen LogP contribution is -2.21. The zero-order valence-electron chi connectivity index (χ0n) is 13.2. The van der Waals surface area contributed by atoms with E-state index in [0.29, 0.717) is 19.1 Å². The van der Waals surface area contributed by atoms with Crippen LogP contribution >= 0.6 is 0 Å². The molecule has 1 aromatic carbocycles. The highest BCUT2D eigenvalue weighted by Gasteiger charge is 2.00. The van der Waals surface area contributed by atoms with Crippen LogP contribution in [0.25, 0.3) is 0 Å². The minimum absolute atomic E-state index is 0.531. The first-order valence-electron chi connectivity index (χ1n) is 7.75. The van der Waals surface area contributed by atoms with Gasteiger partial charge >= 0.3 is 0 Å². The van der Waals surface area contributed by atoms with Crippen LogP contribution in [0.2, 0.25) is 0 Å². The Morgan fingerprint density at radius 3 is 2.70 bits per heavy atom. The van der Waals surface area contributed by atoms with Gasteiger partial charge in [-0.2, -0.15) is 0 Å². The average molecular weight is 279 g/mol. The summed E-state index contributed by atoms with van der Waals surface area (Å²) < 4.78 is 11.2. The Labute approximate surface area is 123 Å². The van der Waals surface area contributed by atoms with Crippen LogP contribution in [0.3, 0.4) is 0 Å². The Balaban J connectivity index is 2.05. The Kier molecular flexibility index (Phi) is 9.09. The summed E-state index contributed by atoms with van der Waals surface area (Å²) in [5, 5.41) is 3.35. The maximum atomic E-state index is 5.70. The van der Waals surface area contributed by atoms with Gasteiger partial charge in [-0.15, -0.1) is 0 Å². The predicted molar refractivity (Wildman–Crippen MR) is 84.6 cm³/mol. The molecule has 1 aromatic rings. The number of unbranched alkanes of at least 4 members (excludes halogenated alkanes) is 1. The molecule has 114 valence electrons. The standard InChI is InChI=1S/C17H29NO2/c1-4-5-9-18-10-11-19-12-13-20-17-8-6-7-16(14-17)15(2)3/h6-8,14-15,18H,4-5,9-13H2,1-3H3. The van der Waals surface area contributed by atoms with E-state index in [1.807, 2.05) is 12.1 Å². The van der Waals surface area contributed by atoms with Gasteiger partial charge in [0.15, 0.2) is 0 Å². The molecule has 20 heavy (non-hydrogen) atoms. The number of ether oxygens (including phenoxy) is 2. The lowest BCUT2D eigenvalue weighted by atomic mass is 10.0. The maximum absolute atomic E-state index is 5.70. The van der Waals surface area contributed by atoms with Crippen LogP contribution in [0.4, 0.5) is 0 Å². The van der Waals surface area contributed by atoms with Crippen LogP contribution in [0, 0.1) is 0 Å². The van der Waals surface area contributed by atoms with Crippen LogP contribution in [0.1, 0.15) is 45.1 Å². The van der Waals surface area contributed by atoms with Crippen molar-refractivity contribution in [3.8, 4) is 5.75 Å². The van der Waals surface area contributed by atoms with Gasteiger partial charge in [-0.05, 0) is 36.6 Å². The zero-order valence-corrected chi connectivity index (χ0v) is 13.2. The Hall–Kier alpha value is -1.06. The van der Waals surface area contributed by atoms with Gasteiger partial charge in [0.25, 0.3) is 0 Å². The van der Waals surface area contributed by atoms with E-state index in [0.717, 1.165) is 25.4 Å². The number of nitrogens with one attached hydrogen (secondary N) is 1. The molecule has 0 aliphatic heterocycles. The van der Waals surface area contributed by atoms with Crippen LogP contribution < -0.4 is 10.1 Å². The average Bonchev–Trinajstić information content (AvgIpc) is 2.46. The predicted octanol–water partition coefficient (Wildman–Crippen LogP) is 3.60. The quantitative estimate of drug-likeness (QED) is 0.628. The van der Waals surface area contributed by atoms with Crippen molar-refractivity contribution >= 4 is 0 Å². The summed E-state index contributed by atoms with van der Waals surface area (Å²) in [6, 6.07) is 8.29. The SMILES string of the molecule is CCCCNCCOCCOc1cccc(C(C)C)c1. The van der Waals surface area contributed by atoms with Crippen molar-refractivity contribution in [2.45, 2.75) is 39.5 Å². The van der Waals surface area contributed by atoms with Gasteiger partial charge in [0.1, 0.15) is 12.4 Å².